The molecule has 0 saturated carbocycles. The van der Waals surface area contributed by atoms with E-state index >= 15 is 0 Å². The number of nitrogen functional groups attached to an aromatic ring is 1. The zero-order valence-corrected chi connectivity index (χ0v) is 12.2. The van der Waals surface area contributed by atoms with Gasteiger partial charge in [-0.05, 0) is 35.0 Å². The molecule has 0 aliphatic carbocycles. The predicted octanol–water partition coefficient (Wildman–Crippen LogP) is 3.01. The summed E-state index contributed by atoms with van der Waals surface area (Å²) >= 11 is 0. The molecule has 23 heavy (non-hydrogen) atoms. The second kappa shape index (κ2) is 5.46. The largest absolute Gasteiger partial charge is 0.464 e. The summed E-state index contributed by atoms with van der Waals surface area (Å²) in [7, 11) is 1.24. The number of hydrogen-bond acceptors (Lipinski definition) is 4. The number of methoxy groups -OCH3 is 1. The van der Waals surface area contributed by atoms with Crippen LogP contribution < -0.4 is 5.73 Å². The van der Waals surface area contributed by atoms with Gasteiger partial charge in [0, 0.05) is 11.9 Å². The normalized spacial score (nSPS) is 10.5. The lowest BCUT2D eigenvalue weighted by Gasteiger charge is -2.09. The van der Waals surface area contributed by atoms with Gasteiger partial charge >= 0.3 is 5.97 Å². The van der Waals surface area contributed by atoms with E-state index in [1.165, 1.54) is 30.0 Å². The number of carbonyl (C=O) groups excluding carboxylic acids is 1. The van der Waals surface area contributed by atoms with Gasteiger partial charge < -0.3 is 15.0 Å². The summed E-state index contributed by atoms with van der Waals surface area (Å²) in [5.41, 5.74) is 6.83. The number of rotatable bonds is 2. The second-order valence-corrected chi connectivity index (χ2v) is 4.95. The molecule has 0 unspecified atom stereocenters. The van der Waals surface area contributed by atoms with Gasteiger partial charge in [-0.3, -0.25) is 0 Å². The van der Waals surface area contributed by atoms with Gasteiger partial charge in [0.2, 0.25) is 0 Å². The Kier molecular flexibility index (Phi) is 3.47. The number of ether oxygens (including phenoxy) is 1. The first kappa shape index (κ1) is 14.6. The number of benzene rings is 2. The zero-order chi connectivity index (χ0) is 16.6. The maximum atomic E-state index is 13.3. The smallest absolute Gasteiger partial charge is 0.357 e. The minimum Gasteiger partial charge on any atom is -0.464 e. The van der Waals surface area contributed by atoms with Gasteiger partial charge in [-0.2, -0.15) is 5.26 Å². The first-order valence-electron chi connectivity index (χ1n) is 6.74. The van der Waals surface area contributed by atoms with Crippen LogP contribution in [0.1, 0.15) is 16.1 Å². The van der Waals surface area contributed by atoms with E-state index in [1.807, 2.05) is 6.07 Å². The van der Waals surface area contributed by atoms with Crippen LogP contribution in [0.4, 0.5) is 10.1 Å². The molecular weight excluding hydrogens is 297 g/mol. The Morgan fingerprint density at radius 1 is 1.26 bits per heavy atom. The van der Waals surface area contributed by atoms with Crippen LogP contribution >= 0.6 is 0 Å². The van der Waals surface area contributed by atoms with E-state index in [-0.39, 0.29) is 22.8 Å². The van der Waals surface area contributed by atoms with Crippen molar-refractivity contribution < 1.29 is 13.9 Å². The lowest BCUT2D eigenvalue weighted by Crippen LogP contribution is -2.11. The van der Waals surface area contributed by atoms with Crippen LogP contribution in [0.2, 0.25) is 0 Å². The number of nitriles is 1. The predicted molar refractivity (Wildman–Crippen MR) is 83.7 cm³/mol. The van der Waals surface area contributed by atoms with Crippen molar-refractivity contribution in [2.75, 3.05) is 12.8 Å². The van der Waals surface area contributed by atoms with Gasteiger partial charge in [0.25, 0.3) is 0 Å². The Morgan fingerprint density at radius 2 is 1.96 bits per heavy atom. The van der Waals surface area contributed by atoms with Crippen molar-refractivity contribution >= 4 is 22.4 Å². The number of halogens is 1. The zero-order valence-electron chi connectivity index (χ0n) is 12.2. The van der Waals surface area contributed by atoms with Gasteiger partial charge in [0.1, 0.15) is 11.9 Å². The molecule has 5 nitrogen and oxygen atoms in total. The average Bonchev–Trinajstić information content (AvgIpc) is 2.90. The van der Waals surface area contributed by atoms with Crippen molar-refractivity contribution in [3.63, 3.8) is 0 Å². The number of hydrogen-bond donors (Lipinski definition) is 1. The fourth-order valence-corrected chi connectivity index (χ4v) is 2.47. The summed E-state index contributed by atoms with van der Waals surface area (Å²) in [6.45, 7) is 0. The van der Waals surface area contributed by atoms with Crippen molar-refractivity contribution in [3.8, 4) is 11.8 Å². The Labute approximate surface area is 131 Å². The fraction of sp³-hybridized carbons (Fsp3) is 0.0588. The Hall–Kier alpha value is -3.33. The van der Waals surface area contributed by atoms with Crippen LogP contribution in [-0.2, 0) is 4.74 Å². The number of anilines is 1. The second-order valence-electron chi connectivity index (χ2n) is 4.95. The third kappa shape index (κ3) is 2.38. The molecule has 0 amide bonds. The van der Waals surface area contributed by atoms with Crippen LogP contribution in [0.25, 0.3) is 16.5 Å². The van der Waals surface area contributed by atoms with Crippen LogP contribution in [0, 0.1) is 17.1 Å². The molecule has 0 spiro atoms. The molecule has 6 heteroatoms. The summed E-state index contributed by atoms with van der Waals surface area (Å²) in [6.07, 6.45) is 1.48. The molecule has 0 aliphatic heterocycles. The fourth-order valence-electron chi connectivity index (χ4n) is 2.47. The van der Waals surface area contributed by atoms with E-state index in [1.54, 1.807) is 24.3 Å². The number of esters is 1. The molecule has 3 rings (SSSR count). The summed E-state index contributed by atoms with van der Waals surface area (Å²) in [6, 6.07) is 11.6. The van der Waals surface area contributed by atoms with Gasteiger partial charge in [-0.25, -0.2) is 9.18 Å². The number of fused-ring (bicyclic) bond motifs is 1. The number of nitrogens with two attached hydrogens (primary N) is 1. The topological polar surface area (TPSA) is 81.0 Å². The summed E-state index contributed by atoms with van der Waals surface area (Å²) in [4.78, 5) is 12.0. The highest BCUT2D eigenvalue weighted by Crippen LogP contribution is 2.27. The minimum absolute atomic E-state index is 0.0681. The van der Waals surface area contributed by atoms with Crippen LogP contribution in [0.5, 0.6) is 0 Å². The first-order chi connectivity index (χ1) is 11.0. The van der Waals surface area contributed by atoms with Gasteiger partial charge in [-0.1, -0.05) is 12.1 Å². The van der Waals surface area contributed by atoms with E-state index < -0.39 is 5.97 Å². The number of aromatic nitrogens is 1. The highest BCUT2D eigenvalue weighted by molar-refractivity contribution is 5.96. The van der Waals surface area contributed by atoms with E-state index in [2.05, 4.69) is 0 Å². The minimum atomic E-state index is -0.636. The Balaban J connectivity index is 2.24. The molecule has 114 valence electrons. The average molecular weight is 309 g/mol. The lowest BCUT2D eigenvalue weighted by molar-refractivity contribution is 0.0593. The molecule has 1 heterocycles. The molecule has 1 aromatic heterocycles. The first-order valence-corrected chi connectivity index (χ1v) is 6.74. The third-order valence-corrected chi connectivity index (χ3v) is 3.61. The van der Waals surface area contributed by atoms with Crippen LogP contribution in [0.15, 0.2) is 42.6 Å². The molecule has 0 bridgehead atoms. The highest BCUT2D eigenvalue weighted by atomic mass is 19.1. The van der Waals surface area contributed by atoms with Crippen molar-refractivity contribution in [2.24, 2.45) is 0 Å². The van der Waals surface area contributed by atoms with E-state index in [4.69, 9.17) is 15.7 Å². The number of nitrogens with zero attached hydrogens (tertiary/aromatic N) is 2. The molecule has 0 saturated heterocycles. The molecule has 0 aliphatic rings. The summed E-state index contributed by atoms with van der Waals surface area (Å²) in [5.74, 6) is -0.958. The standard InChI is InChI=1S/C17H12FN3O2/c1-23-17(22)16-15(20)12(8-19)9-21(16)14-5-3-10-6-13(18)4-2-11(10)7-14/h2-7,9H,20H2,1H3. The Morgan fingerprint density at radius 3 is 2.65 bits per heavy atom. The maximum Gasteiger partial charge on any atom is 0.357 e. The Bertz CT molecular complexity index is 970. The van der Waals surface area contributed by atoms with Crippen molar-refractivity contribution in [1.29, 1.82) is 5.26 Å². The van der Waals surface area contributed by atoms with Crippen LogP contribution in [-0.4, -0.2) is 17.6 Å². The number of carbonyl (C=O) groups is 1. The lowest BCUT2D eigenvalue weighted by atomic mass is 10.1. The van der Waals surface area contributed by atoms with Crippen LogP contribution in [0.3, 0.4) is 0 Å². The summed E-state index contributed by atoms with van der Waals surface area (Å²) < 4.78 is 19.5. The molecule has 0 radical (unpaired) electrons. The highest BCUT2D eigenvalue weighted by Gasteiger charge is 2.21. The van der Waals surface area contributed by atoms with Gasteiger partial charge in [-0.15, -0.1) is 0 Å². The van der Waals surface area contributed by atoms with E-state index in [0.717, 1.165) is 10.8 Å². The van der Waals surface area contributed by atoms with Gasteiger partial charge in [0.05, 0.1) is 18.4 Å². The molecule has 0 fully saturated rings. The molecule has 2 N–H and O–H groups in total. The molecule has 2 aromatic carbocycles. The third-order valence-electron chi connectivity index (χ3n) is 3.61. The quantitative estimate of drug-likeness (QED) is 0.738. The molecule has 3 aromatic rings. The van der Waals surface area contributed by atoms with Gasteiger partial charge in [0.15, 0.2) is 5.69 Å². The van der Waals surface area contributed by atoms with Crippen molar-refractivity contribution in [3.05, 3.63) is 59.7 Å². The maximum absolute atomic E-state index is 13.3. The molecule has 0 atom stereocenters. The summed E-state index contributed by atoms with van der Waals surface area (Å²) in [5, 5.41) is 10.7. The molecular formula is C17H12FN3O2. The van der Waals surface area contributed by atoms with E-state index in [0.29, 0.717) is 5.69 Å². The van der Waals surface area contributed by atoms with Crippen molar-refractivity contribution in [1.82, 2.24) is 4.57 Å². The SMILES string of the molecule is COC(=O)c1c(N)c(C#N)cn1-c1ccc2cc(F)ccc2c1. The van der Waals surface area contributed by atoms with E-state index in [9.17, 15) is 9.18 Å². The monoisotopic (exact) mass is 309 g/mol. The van der Waals surface area contributed by atoms with Crippen molar-refractivity contribution in [2.45, 2.75) is 0 Å².